The zero-order chi connectivity index (χ0) is 11.2. The first-order valence-electron chi connectivity index (χ1n) is 5.41. The second-order valence-corrected chi connectivity index (χ2v) is 3.78. The van der Waals surface area contributed by atoms with Crippen molar-refractivity contribution in [1.82, 2.24) is 0 Å². The van der Waals surface area contributed by atoms with Crippen LogP contribution >= 0.6 is 0 Å². The van der Waals surface area contributed by atoms with E-state index in [4.69, 9.17) is 4.74 Å². The summed E-state index contributed by atoms with van der Waals surface area (Å²) in [4.78, 5) is 0. The van der Waals surface area contributed by atoms with Gasteiger partial charge in [-0.25, -0.2) is 4.57 Å². The molecule has 0 bridgehead atoms. The topological polar surface area (TPSA) is 13.1 Å². The van der Waals surface area contributed by atoms with E-state index in [-0.39, 0.29) is 0 Å². The second-order valence-electron chi connectivity index (χ2n) is 3.78. The summed E-state index contributed by atoms with van der Waals surface area (Å²) in [6.07, 6.45) is 2.03. The molecule has 0 unspecified atom stereocenters. The Kier molecular flexibility index (Phi) is 3.67. The Morgan fingerprint density at radius 3 is 2.44 bits per heavy atom. The molecule has 2 aromatic rings. The molecule has 0 aliphatic heterocycles. The van der Waals surface area contributed by atoms with E-state index in [1.165, 1.54) is 11.3 Å². The van der Waals surface area contributed by atoms with Crippen LogP contribution in [-0.2, 0) is 25.0 Å². The number of hydrogen-bond acceptors (Lipinski definition) is 1. The first-order valence-corrected chi connectivity index (χ1v) is 5.41. The third-order valence-corrected chi connectivity index (χ3v) is 2.52. The Morgan fingerprint density at radius 2 is 1.69 bits per heavy atom. The van der Waals surface area contributed by atoms with E-state index in [0.717, 1.165) is 0 Å². The molecule has 0 fully saturated rings. The number of hydrogen-bond donors (Lipinski definition) is 0. The van der Waals surface area contributed by atoms with E-state index in [1.54, 1.807) is 0 Å². The van der Waals surface area contributed by atoms with Gasteiger partial charge < -0.3 is 4.74 Å². The van der Waals surface area contributed by atoms with Crippen molar-refractivity contribution in [2.24, 2.45) is 7.05 Å². The van der Waals surface area contributed by atoms with Crippen LogP contribution in [0.25, 0.3) is 0 Å². The molecule has 2 nitrogen and oxygen atoms in total. The van der Waals surface area contributed by atoms with Crippen molar-refractivity contribution >= 4 is 0 Å². The monoisotopic (exact) mass is 214 g/mol. The first-order chi connectivity index (χ1) is 7.86. The number of rotatable bonds is 4. The van der Waals surface area contributed by atoms with Gasteiger partial charge in [-0.3, -0.25) is 0 Å². The molecule has 0 spiro atoms. The average molecular weight is 214 g/mol. The number of ether oxygens (including phenoxy) is 1. The van der Waals surface area contributed by atoms with E-state index in [9.17, 15) is 0 Å². The Bertz CT molecular complexity index is 439. The number of pyridine rings is 1. The summed E-state index contributed by atoms with van der Waals surface area (Å²) in [5, 5.41) is 0. The zero-order valence-corrected chi connectivity index (χ0v) is 9.47. The van der Waals surface area contributed by atoms with Gasteiger partial charge in [0, 0.05) is 12.1 Å². The Balaban J connectivity index is 1.87. The van der Waals surface area contributed by atoms with E-state index in [0.29, 0.717) is 13.2 Å². The smallest absolute Gasteiger partial charge is 0.207 e. The van der Waals surface area contributed by atoms with Gasteiger partial charge in [-0.15, -0.1) is 0 Å². The van der Waals surface area contributed by atoms with E-state index in [2.05, 4.69) is 22.8 Å². The fraction of sp³-hybridized carbons (Fsp3) is 0.214. The van der Waals surface area contributed by atoms with Crippen molar-refractivity contribution in [3.05, 3.63) is 66.0 Å². The van der Waals surface area contributed by atoms with Crippen LogP contribution in [0.3, 0.4) is 0 Å². The Morgan fingerprint density at radius 1 is 0.938 bits per heavy atom. The molecule has 82 valence electrons. The van der Waals surface area contributed by atoms with Gasteiger partial charge in [0.25, 0.3) is 0 Å². The maximum atomic E-state index is 5.67. The van der Waals surface area contributed by atoms with Crippen LogP contribution in [0.4, 0.5) is 0 Å². The molecule has 0 radical (unpaired) electrons. The highest BCUT2D eigenvalue weighted by Crippen LogP contribution is 2.02. The highest BCUT2D eigenvalue weighted by atomic mass is 16.5. The SMILES string of the molecule is C[n+]1ccccc1COCc1ccccc1. The third-order valence-electron chi connectivity index (χ3n) is 2.52. The van der Waals surface area contributed by atoms with Gasteiger partial charge in [0.05, 0.1) is 6.61 Å². The average Bonchev–Trinajstić information content (AvgIpc) is 2.33. The zero-order valence-electron chi connectivity index (χ0n) is 9.47. The third kappa shape index (κ3) is 2.91. The molecule has 2 heteroatoms. The van der Waals surface area contributed by atoms with Gasteiger partial charge >= 0.3 is 0 Å². The van der Waals surface area contributed by atoms with E-state index >= 15 is 0 Å². The van der Waals surface area contributed by atoms with Gasteiger partial charge in [0.2, 0.25) is 5.69 Å². The molecule has 2 rings (SSSR count). The normalized spacial score (nSPS) is 10.3. The Labute approximate surface area is 96.1 Å². The molecule has 16 heavy (non-hydrogen) atoms. The predicted molar refractivity (Wildman–Crippen MR) is 62.6 cm³/mol. The maximum absolute atomic E-state index is 5.67. The highest BCUT2D eigenvalue weighted by Gasteiger charge is 2.03. The number of benzene rings is 1. The first kappa shape index (κ1) is 10.8. The lowest BCUT2D eigenvalue weighted by Gasteiger charge is -2.03. The summed E-state index contributed by atoms with van der Waals surface area (Å²) in [6, 6.07) is 16.3. The van der Waals surface area contributed by atoms with E-state index < -0.39 is 0 Å². The summed E-state index contributed by atoms with van der Waals surface area (Å²) >= 11 is 0. The fourth-order valence-electron chi connectivity index (χ4n) is 1.56. The largest absolute Gasteiger partial charge is 0.366 e. The van der Waals surface area contributed by atoms with E-state index in [1.807, 2.05) is 43.6 Å². The van der Waals surface area contributed by atoms with Crippen molar-refractivity contribution in [1.29, 1.82) is 0 Å². The minimum absolute atomic E-state index is 0.645. The molecule has 1 aromatic heterocycles. The number of aromatic nitrogens is 1. The summed E-state index contributed by atoms with van der Waals surface area (Å²) in [5.41, 5.74) is 2.39. The van der Waals surface area contributed by atoms with Gasteiger partial charge in [-0.2, -0.15) is 0 Å². The lowest BCUT2D eigenvalue weighted by Crippen LogP contribution is -2.32. The van der Waals surface area contributed by atoms with Crippen LogP contribution < -0.4 is 4.57 Å². The molecule has 0 aliphatic carbocycles. The Hall–Kier alpha value is -1.67. The summed E-state index contributed by atoms with van der Waals surface area (Å²) in [5.74, 6) is 0. The van der Waals surface area contributed by atoms with Gasteiger partial charge in [-0.05, 0) is 5.56 Å². The number of nitrogens with zero attached hydrogens (tertiary/aromatic N) is 1. The summed E-state index contributed by atoms with van der Waals surface area (Å²) in [7, 11) is 2.03. The molecule has 0 aliphatic rings. The van der Waals surface area contributed by atoms with Crippen molar-refractivity contribution in [2.75, 3.05) is 0 Å². The molecule has 0 N–H and O–H groups in total. The van der Waals surface area contributed by atoms with Crippen molar-refractivity contribution < 1.29 is 9.30 Å². The molecule has 0 amide bonds. The highest BCUT2D eigenvalue weighted by molar-refractivity contribution is 5.13. The fourth-order valence-corrected chi connectivity index (χ4v) is 1.56. The lowest BCUT2D eigenvalue weighted by atomic mass is 10.2. The molecule has 1 aromatic carbocycles. The molecular weight excluding hydrogens is 198 g/mol. The van der Waals surface area contributed by atoms with Gasteiger partial charge in [0.15, 0.2) is 6.20 Å². The standard InChI is InChI=1S/C14H16NO/c1-15-10-6-5-9-14(15)12-16-11-13-7-3-2-4-8-13/h2-10H,11-12H2,1H3/q+1. The van der Waals surface area contributed by atoms with Crippen LogP contribution in [0, 0.1) is 0 Å². The second kappa shape index (κ2) is 5.42. The quantitative estimate of drug-likeness (QED) is 0.711. The van der Waals surface area contributed by atoms with Crippen LogP contribution in [0.2, 0.25) is 0 Å². The molecule has 1 heterocycles. The van der Waals surface area contributed by atoms with Crippen LogP contribution in [0.15, 0.2) is 54.7 Å². The minimum atomic E-state index is 0.645. The lowest BCUT2D eigenvalue weighted by molar-refractivity contribution is -0.681. The van der Waals surface area contributed by atoms with Crippen molar-refractivity contribution in [2.45, 2.75) is 13.2 Å². The molecular formula is C14H16NO+. The van der Waals surface area contributed by atoms with Crippen LogP contribution in [-0.4, -0.2) is 0 Å². The van der Waals surface area contributed by atoms with Gasteiger partial charge in [-0.1, -0.05) is 36.4 Å². The molecule has 0 atom stereocenters. The maximum Gasteiger partial charge on any atom is 0.207 e. The van der Waals surface area contributed by atoms with Crippen molar-refractivity contribution in [3.63, 3.8) is 0 Å². The predicted octanol–water partition coefficient (Wildman–Crippen LogP) is 2.23. The van der Waals surface area contributed by atoms with Crippen molar-refractivity contribution in [3.8, 4) is 0 Å². The summed E-state index contributed by atoms with van der Waals surface area (Å²) in [6.45, 7) is 1.31. The van der Waals surface area contributed by atoms with Gasteiger partial charge in [0.1, 0.15) is 13.7 Å². The molecule has 0 saturated heterocycles. The molecule has 0 saturated carbocycles. The summed E-state index contributed by atoms with van der Waals surface area (Å²) < 4.78 is 7.74. The number of aryl methyl sites for hydroxylation is 1. The van der Waals surface area contributed by atoms with Crippen LogP contribution in [0.5, 0.6) is 0 Å². The van der Waals surface area contributed by atoms with Crippen LogP contribution in [0.1, 0.15) is 11.3 Å². The minimum Gasteiger partial charge on any atom is -0.366 e.